The van der Waals surface area contributed by atoms with Crippen LogP contribution >= 0.6 is 0 Å². The van der Waals surface area contributed by atoms with Gasteiger partial charge < -0.3 is 5.32 Å². The van der Waals surface area contributed by atoms with E-state index in [2.05, 4.69) is 15.5 Å². The van der Waals surface area contributed by atoms with Crippen molar-refractivity contribution in [1.29, 1.82) is 0 Å². The third kappa shape index (κ3) is 4.02. The van der Waals surface area contributed by atoms with Crippen molar-refractivity contribution in [2.75, 3.05) is 0 Å². The molecule has 3 rings (SSSR count). The van der Waals surface area contributed by atoms with E-state index < -0.39 is 4.92 Å². The number of carbonyl (C=O) groups is 1. The van der Waals surface area contributed by atoms with E-state index in [-0.39, 0.29) is 11.6 Å². The minimum atomic E-state index is -0.484. The Bertz CT molecular complexity index is 987. The first-order valence-electron chi connectivity index (χ1n) is 8.38. The van der Waals surface area contributed by atoms with Crippen molar-refractivity contribution in [1.82, 2.24) is 24.9 Å². The summed E-state index contributed by atoms with van der Waals surface area (Å²) in [6, 6.07) is 7.07. The molecule has 1 amide bonds. The Hall–Kier alpha value is -3.49. The second kappa shape index (κ2) is 7.40. The van der Waals surface area contributed by atoms with E-state index in [1.165, 1.54) is 17.1 Å². The lowest BCUT2D eigenvalue weighted by molar-refractivity contribution is -0.385. The molecule has 3 aromatic rings. The first-order chi connectivity index (χ1) is 12.8. The fraction of sp³-hybridized carbons (Fsp3) is 0.278. The van der Waals surface area contributed by atoms with Gasteiger partial charge in [0.05, 0.1) is 17.2 Å². The highest BCUT2D eigenvalue weighted by Crippen LogP contribution is 2.13. The van der Waals surface area contributed by atoms with Gasteiger partial charge in [0.1, 0.15) is 12.4 Å². The van der Waals surface area contributed by atoms with Crippen molar-refractivity contribution < 1.29 is 9.72 Å². The van der Waals surface area contributed by atoms with E-state index in [1.54, 1.807) is 16.8 Å². The predicted molar refractivity (Wildman–Crippen MR) is 98.3 cm³/mol. The molecule has 1 aromatic carbocycles. The molecular formula is C18H20N6O3. The molecule has 0 aliphatic rings. The molecule has 0 unspecified atom stereocenters. The van der Waals surface area contributed by atoms with Gasteiger partial charge in [0, 0.05) is 30.4 Å². The summed E-state index contributed by atoms with van der Waals surface area (Å²) in [5.74, 6) is -0.168. The molecule has 140 valence electrons. The number of carbonyl (C=O) groups excluding carboxylic acids is 1. The maximum atomic E-state index is 12.4. The number of nitro groups is 1. The van der Waals surface area contributed by atoms with Crippen LogP contribution in [-0.4, -0.2) is 30.4 Å². The van der Waals surface area contributed by atoms with Gasteiger partial charge in [-0.1, -0.05) is 12.1 Å². The summed E-state index contributed by atoms with van der Waals surface area (Å²) in [5.41, 5.74) is 4.33. The largest absolute Gasteiger partial charge is 0.348 e. The van der Waals surface area contributed by atoms with Crippen molar-refractivity contribution in [3.05, 3.63) is 74.9 Å². The molecule has 0 saturated carbocycles. The van der Waals surface area contributed by atoms with Gasteiger partial charge in [-0.25, -0.2) is 0 Å². The van der Waals surface area contributed by atoms with Crippen LogP contribution in [0.15, 0.2) is 36.7 Å². The summed E-state index contributed by atoms with van der Waals surface area (Å²) in [6.45, 7) is 4.70. The zero-order chi connectivity index (χ0) is 19.6. The monoisotopic (exact) mass is 368 g/mol. The maximum Gasteiger partial charge on any atom is 0.307 e. The van der Waals surface area contributed by atoms with Gasteiger partial charge in [-0.05, 0) is 31.5 Å². The second-order valence-electron chi connectivity index (χ2n) is 6.31. The molecular weight excluding hydrogens is 348 g/mol. The van der Waals surface area contributed by atoms with E-state index in [0.717, 1.165) is 22.5 Å². The summed E-state index contributed by atoms with van der Waals surface area (Å²) >= 11 is 0. The molecule has 0 bridgehead atoms. The minimum absolute atomic E-state index is 0.0491. The third-order valence-corrected chi connectivity index (χ3v) is 4.48. The lowest BCUT2D eigenvalue weighted by atomic mass is 10.1. The number of hydrogen-bond donors (Lipinski definition) is 1. The molecule has 0 spiro atoms. The van der Waals surface area contributed by atoms with Crippen LogP contribution in [0.3, 0.4) is 0 Å². The van der Waals surface area contributed by atoms with Crippen LogP contribution in [0.25, 0.3) is 0 Å². The van der Waals surface area contributed by atoms with E-state index in [9.17, 15) is 14.9 Å². The summed E-state index contributed by atoms with van der Waals surface area (Å²) in [7, 11) is 1.88. The molecule has 9 nitrogen and oxygen atoms in total. The van der Waals surface area contributed by atoms with Gasteiger partial charge >= 0.3 is 5.69 Å². The van der Waals surface area contributed by atoms with Gasteiger partial charge in [0.25, 0.3) is 5.91 Å². The third-order valence-electron chi connectivity index (χ3n) is 4.48. The lowest BCUT2D eigenvalue weighted by Crippen LogP contribution is -2.23. The molecule has 2 heterocycles. The normalized spacial score (nSPS) is 10.8. The number of nitrogens with zero attached hydrogens (tertiary/aromatic N) is 5. The first-order valence-corrected chi connectivity index (χ1v) is 8.38. The van der Waals surface area contributed by atoms with Crippen LogP contribution in [0.1, 0.15) is 32.9 Å². The highest BCUT2D eigenvalue weighted by atomic mass is 16.6. The second-order valence-corrected chi connectivity index (χ2v) is 6.31. The fourth-order valence-electron chi connectivity index (χ4n) is 2.83. The molecule has 27 heavy (non-hydrogen) atoms. The quantitative estimate of drug-likeness (QED) is 0.530. The molecule has 0 aliphatic heterocycles. The summed E-state index contributed by atoms with van der Waals surface area (Å²) in [4.78, 5) is 22.6. The molecule has 2 aromatic heterocycles. The summed E-state index contributed by atoms with van der Waals surface area (Å²) in [6.07, 6.45) is 2.59. The van der Waals surface area contributed by atoms with Gasteiger partial charge in [0.2, 0.25) is 0 Å². The predicted octanol–water partition coefficient (Wildman–Crippen LogP) is 2.12. The van der Waals surface area contributed by atoms with E-state index >= 15 is 0 Å². The van der Waals surface area contributed by atoms with Crippen LogP contribution in [0.4, 0.5) is 5.69 Å². The van der Waals surface area contributed by atoms with Crippen molar-refractivity contribution in [3.8, 4) is 0 Å². The van der Waals surface area contributed by atoms with Crippen molar-refractivity contribution in [3.63, 3.8) is 0 Å². The van der Waals surface area contributed by atoms with Crippen LogP contribution in [-0.2, 0) is 20.1 Å². The van der Waals surface area contributed by atoms with Gasteiger partial charge in [-0.3, -0.25) is 24.3 Å². The van der Waals surface area contributed by atoms with Crippen LogP contribution in [0.2, 0.25) is 0 Å². The number of aromatic nitrogens is 4. The highest BCUT2D eigenvalue weighted by molar-refractivity contribution is 5.94. The van der Waals surface area contributed by atoms with Crippen molar-refractivity contribution >= 4 is 11.6 Å². The first kappa shape index (κ1) is 18.3. The number of hydrogen-bond acceptors (Lipinski definition) is 5. The van der Waals surface area contributed by atoms with Gasteiger partial charge in [-0.15, -0.1) is 0 Å². The molecule has 1 N–H and O–H groups in total. The number of rotatable bonds is 6. The molecule has 0 aliphatic carbocycles. The Morgan fingerprint density at radius 2 is 1.96 bits per heavy atom. The van der Waals surface area contributed by atoms with Crippen LogP contribution in [0.5, 0.6) is 0 Å². The Balaban J connectivity index is 1.62. The maximum absolute atomic E-state index is 12.4. The number of nitrogens with one attached hydrogen (secondary N) is 1. The molecule has 9 heteroatoms. The van der Waals surface area contributed by atoms with Crippen LogP contribution < -0.4 is 5.32 Å². The Morgan fingerprint density at radius 3 is 2.52 bits per heavy atom. The number of amides is 1. The topological polar surface area (TPSA) is 108 Å². The summed E-state index contributed by atoms with van der Waals surface area (Å²) in [5, 5.41) is 21.9. The highest BCUT2D eigenvalue weighted by Gasteiger charge is 2.12. The van der Waals surface area contributed by atoms with E-state index in [4.69, 9.17) is 0 Å². The zero-order valence-corrected chi connectivity index (χ0v) is 15.3. The fourth-order valence-corrected chi connectivity index (χ4v) is 2.83. The smallest absolute Gasteiger partial charge is 0.307 e. The lowest BCUT2D eigenvalue weighted by Gasteiger charge is -2.07. The standard InChI is InChI=1S/C18H20N6O3/c1-12-17(13(2)22(3)21-12)9-19-18(25)15-6-4-14(5-7-15)10-23-11-16(8-20-23)24(26)27/h4-8,11H,9-10H2,1-3H3,(H,19,25). The Labute approximate surface area is 155 Å². The van der Waals surface area contributed by atoms with Crippen LogP contribution in [0, 0.1) is 24.0 Å². The minimum Gasteiger partial charge on any atom is -0.348 e. The number of benzene rings is 1. The van der Waals surface area contributed by atoms with E-state index in [0.29, 0.717) is 18.7 Å². The number of aryl methyl sites for hydroxylation is 2. The molecule has 0 saturated heterocycles. The SMILES string of the molecule is Cc1nn(C)c(C)c1CNC(=O)c1ccc(Cn2cc([N+](=O)[O-])cn2)cc1. The average molecular weight is 368 g/mol. The Morgan fingerprint density at radius 1 is 1.26 bits per heavy atom. The molecule has 0 fully saturated rings. The van der Waals surface area contributed by atoms with Crippen molar-refractivity contribution in [2.45, 2.75) is 26.9 Å². The van der Waals surface area contributed by atoms with Crippen molar-refractivity contribution in [2.24, 2.45) is 7.05 Å². The zero-order valence-electron chi connectivity index (χ0n) is 15.3. The molecule has 0 atom stereocenters. The van der Waals surface area contributed by atoms with E-state index in [1.807, 2.05) is 33.0 Å². The van der Waals surface area contributed by atoms with Gasteiger partial charge in [0.15, 0.2) is 0 Å². The summed E-state index contributed by atoms with van der Waals surface area (Å²) < 4.78 is 3.28. The molecule has 0 radical (unpaired) electrons. The van der Waals surface area contributed by atoms with Gasteiger partial charge in [-0.2, -0.15) is 10.2 Å². The Kier molecular flexibility index (Phi) is 5.02. The average Bonchev–Trinajstić information content (AvgIpc) is 3.19.